The van der Waals surface area contributed by atoms with Crippen LogP contribution < -0.4 is 11.4 Å². The summed E-state index contributed by atoms with van der Waals surface area (Å²) in [5.41, 5.74) is 4.72. The van der Waals surface area contributed by atoms with E-state index in [1.165, 1.54) is 12.3 Å². The van der Waals surface area contributed by atoms with Crippen LogP contribution in [0.3, 0.4) is 0 Å². The Labute approximate surface area is 169 Å². The van der Waals surface area contributed by atoms with Crippen molar-refractivity contribution in [1.29, 1.82) is 0 Å². The largest absolute Gasteiger partial charge is 0.469 e. The molecule has 5 N–H and O–H groups in total. The molecule has 1 fully saturated rings. The van der Waals surface area contributed by atoms with E-state index in [9.17, 15) is 14.5 Å². The molecule has 0 spiro atoms. The van der Waals surface area contributed by atoms with Crippen LogP contribution in [0.5, 0.6) is 0 Å². The summed E-state index contributed by atoms with van der Waals surface area (Å²) in [4.78, 5) is 32.3. The van der Waals surface area contributed by atoms with Crippen LogP contribution in [0.4, 0.5) is 5.82 Å². The monoisotopic (exact) mass is 353 g/mol. The normalized spacial score (nSPS) is 24.4. The summed E-state index contributed by atoms with van der Waals surface area (Å²) in [5.74, 6) is 0.0613. The molecule has 13 heteroatoms. The van der Waals surface area contributed by atoms with Crippen molar-refractivity contribution in [3.63, 3.8) is 0 Å². The molecule has 0 aromatic carbocycles. The Balaban J connectivity index is 0.00000220. The molecule has 0 saturated carbocycles. The number of aliphatic hydroxyl groups excluding tert-OH is 1. The molecular weight excluding hydrogens is 339 g/mol. The summed E-state index contributed by atoms with van der Waals surface area (Å²) < 4.78 is 21.3. The van der Waals surface area contributed by atoms with Crippen molar-refractivity contribution in [2.75, 3.05) is 12.3 Å². The van der Waals surface area contributed by atoms with Gasteiger partial charge in [-0.2, -0.15) is 4.98 Å². The number of phosphoric acid groups is 1. The van der Waals surface area contributed by atoms with Crippen LogP contribution in [0.2, 0.25) is 0 Å². The van der Waals surface area contributed by atoms with E-state index in [2.05, 4.69) is 9.51 Å². The van der Waals surface area contributed by atoms with Gasteiger partial charge in [0.25, 0.3) is 0 Å². The first-order valence-corrected chi connectivity index (χ1v) is 7.17. The SMILES string of the molecule is Nc1ccn(C2CC(O)C(COP(=O)(O)O)O2)c(=O)n1.[Na].[Na]. The Morgan fingerprint density at radius 2 is 2.14 bits per heavy atom. The van der Waals surface area contributed by atoms with Gasteiger partial charge in [0.1, 0.15) is 18.1 Å². The van der Waals surface area contributed by atoms with Gasteiger partial charge in [0.15, 0.2) is 0 Å². The van der Waals surface area contributed by atoms with Gasteiger partial charge in [-0.25, -0.2) is 9.36 Å². The van der Waals surface area contributed by atoms with Crippen molar-refractivity contribution in [2.45, 2.75) is 24.9 Å². The summed E-state index contributed by atoms with van der Waals surface area (Å²) in [6.07, 6.45) is -1.32. The molecule has 1 aliphatic rings. The number of rotatable bonds is 4. The molecule has 3 unspecified atom stereocenters. The van der Waals surface area contributed by atoms with Crippen molar-refractivity contribution in [3.05, 3.63) is 22.7 Å². The number of ether oxygens (including phenoxy) is 1. The van der Waals surface area contributed by atoms with Crippen molar-refractivity contribution in [3.8, 4) is 0 Å². The van der Waals surface area contributed by atoms with Crippen LogP contribution in [0.25, 0.3) is 0 Å². The molecule has 0 bridgehead atoms. The van der Waals surface area contributed by atoms with Gasteiger partial charge in [-0.3, -0.25) is 9.09 Å². The maximum absolute atomic E-state index is 11.6. The van der Waals surface area contributed by atoms with Crippen LogP contribution in [0.15, 0.2) is 17.1 Å². The number of hydrogen-bond donors (Lipinski definition) is 4. The third kappa shape index (κ3) is 6.31. The van der Waals surface area contributed by atoms with Gasteiger partial charge < -0.3 is 25.4 Å². The van der Waals surface area contributed by atoms with Gasteiger partial charge in [-0.1, -0.05) is 0 Å². The fourth-order valence-electron chi connectivity index (χ4n) is 1.85. The fourth-order valence-corrected chi connectivity index (χ4v) is 2.19. The van der Waals surface area contributed by atoms with Crippen LogP contribution in [-0.4, -0.2) is 102 Å². The Kier molecular flexibility index (Phi) is 9.56. The van der Waals surface area contributed by atoms with Gasteiger partial charge in [0.2, 0.25) is 0 Å². The van der Waals surface area contributed by atoms with Crippen molar-refractivity contribution in [2.24, 2.45) is 0 Å². The molecule has 10 nitrogen and oxygen atoms in total. The number of aliphatic hydroxyl groups is 1. The zero-order valence-corrected chi connectivity index (χ0v) is 17.1. The number of nitrogens with two attached hydrogens (primary N) is 1. The minimum Gasteiger partial charge on any atom is -0.390 e. The number of nitrogens with zero attached hydrogens (tertiary/aromatic N) is 2. The summed E-state index contributed by atoms with van der Waals surface area (Å²) in [7, 11) is -4.64. The van der Waals surface area contributed by atoms with Gasteiger partial charge in [-0.15, -0.1) is 0 Å². The van der Waals surface area contributed by atoms with E-state index in [1.807, 2.05) is 0 Å². The van der Waals surface area contributed by atoms with E-state index < -0.39 is 38.6 Å². The molecule has 0 aliphatic carbocycles. The minimum absolute atomic E-state index is 0. The molecule has 2 rings (SSSR count). The van der Waals surface area contributed by atoms with E-state index in [0.717, 1.165) is 4.57 Å². The third-order valence-electron chi connectivity index (χ3n) is 2.77. The van der Waals surface area contributed by atoms with Crippen molar-refractivity contribution >= 4 is 72.8 Å². The summed E-state index contributed by atoms with van der Waals surface area (Å²) in [6.45, 7) is -0.487. The molecule has 3 atom stereocenters. The summed E-state index contributed by atoms with van der Waals surface area (Å²) in [6, 6.07) is 1.40. The second-order valence-electron chi connectivity index (χ2n) is 4.26. The molecule has 114 valence electrons. The summed E-state index contributed by atoms with van der Waals surface area (Å²) in [5, 5.41) is 9.74. The van der Waals surface area contributed by atoms with Gasteiger partial charge >= 0.3 is 13.5 Å². The quantitative estimate of drug-likeness (QED) is 0.349. The standard InChI is InChI=1S/C9H14N3O7P.2Na/c10-7-1-2-12(9(14)11-7)8-3-5(13)6(19-8)4-18-20(15,16)17;;/h1-2,5-6,8,13H,3-4H2,(H2,10,11,14)(H2,15,16,17);;. The van der Waals surface area contributed by atoms with E-state index in [1.54, 1.807) is 0 Å². The van der Waals surface area contributed by atoms with Gasteiger partial charge in [-0.05, 0) is 6.07 Å². The summed E-state index contributed by atoms with van der Waals surface area (Å²) >= 11 is 0. The molecular formula is C9H14N3Na2O7P. The first kappa shape index (κ1) is 22.7. The predicted octanol–water partition coefficient (Wildman–Crippen LogP) is -2.18. The average molecular weight is 353 g/mol. The second-order valence-corrected chi connectivity index (χ2v) is 5.50. The van der Waals surface area contributed by atoms with E-state index >= 15 is 0 Å². The molecule has 22 heavy (non-hydrogen) atoms. The number of aromatic nitrogens is 2. The topological polar surface area (TPSA) is 157 Å². The Bertz CT molecular complexity index is 595. The number of nitrogen functional groups attached to an aromatic ring is 1. The van der Waals surface area contributed by atoms with Gasteiger partial charge in [0, 0.05) is 71.7 Å². The van der Waals surface area contributed by atoms with Crippen LogP contribution in [0.1, 0.15) is 12.6 Å². The maximum atomic E-state index is 11.6. The minimum atomic E-state index is -4.64. The maximum Gasteiger partial charge on any atom is 0.469 e. The van der Waals surface area contributed by atoms with Crippen LogP contribution in [0, 0.1) is 0 Å². The molecule has 1 aromatic heterocycles. The van der Waals surface area contributed by atoms with E-state index in [0.29, 0.717) is 0 Å². The molecule has 1 aliphatic heterocycles. The van der Waals surface area contributed by atoms with E-state index in [4.69, 9.17) is 20.3 Å². The molecule has 1 aromatic rings. The molecule has 1 saturated heterocycles. The second kappa shape index (κ2) is 9.26. The van der Waals surface area contributed by atoms with Crippen LogP contribution in [-0.2, 0) is 13.8 Å². The molecule has 2 heterocycles. The zero-order valence-electron chi connectivity index (χ0n) is 12.2. The Morgan fingerprint density at radius 1 is 1.50 bits per heavy atom. The predicted molar refractivity (Wildman–Crippen MR) is 76.9 cm³/mol. The fraction of sp³-hybridized carbons (Fsp3) is 0.556. The van der Waals surface area contributed by atoms with Crippen LogP contribution >= 0.6 is 7.82 Å². The number of phosphoric ester groups is 1. The number of hydrogen-bond acceptors (Lipinski definition) is 7. The number of anilines is 1. The first-order valence-electron chi connectivity index (χ1n) is 5.64. The third-order valence-corrected chi connectivity index (χ3v) is 3.26. The first-order chi connectivity index (χ1) is 9.26. The Morgan fingerprint density at radius 3 is 2.68 bits per heavy atom. The van der Waals surface area contributed by atoms with Crippen molar-refractivity contribution < 1.29 is 28.7 Å². The smallest absolute Gasteiger partial charge is 0.390 e. The average Bonchev–Trinajstić information content (AvgIpc) is 2.67. The molecule has 2 radical (unpaired) electrons. The van der Waals surface area contributed by atoms with Crippen molar-refractivity contribution in [1.82, 2.24) is 9.55 Å². The Hall–Kier alpha value is 0.710. The zero-order chi connectivity index (χ0) is 14.9. The molecule has 0 amide bonds. The van der Waals surface area contributed by atoms with E-state index in [-0.39, 0.29) is 71.4 Å². The van der Waals surface area contributed by atoms with Gasteiger partial charge in [0.05, 0.1) is 12.7 Å².